The van der Waals surface area contributed by atoms with Crippen LogP contribution in [0, 0.1) is 6.92 Å². The molecule has 0 unspecified atom stereocenters. The van der Waals surface area contributed by atoms with Crippen molar-refractivity contribution in [3.63, 3.8) is 0 Å². The maximum atomic E-state index is 4.25. The van der Waals surface area contributed by atoms with Crippen molar-refractivity contribution in [2.75, 3.05) is 6.54 Å². The summed E-state index contributed by atoms with van der Waals surface area (Å²) in [5.41, 5.74) is 2.66. The molecule has 0 spiro atoms. The molecular weight excluding hydrogens is 124 g/mol. The van der Waals surface area contributed by atoms with Crippen LogP contribution in [0.1, 0.15) is 11.1 Å². The lowest BCUT2D eigenvalue weighted by atomic mass is 10.1. The van der Waals surface area contributed by atoms with E-state index in [-0.39, 0.29) is 0 Å². The molecule has 0 N–H and O–H groups in total. The van der Waals surface area contributed by atoms with Gasteiger partial charge in [-0.2, -0.15) is 0 Å². The zero-order chi connectivity index (χ0) is 6.97. The second kappa shape index (κ2) is 1.97. The summed E-state index contributed by atoms with van der Waals surface area (Å²) in [6.45, 7) is 3.04. The summed E-state index contributed by atoms with van der Waals surface area (Å²) in [5, 5.41) is 4.25. The molecule has 2 nitrogen and oxygen atoms in total. The Bertz CT molecular complexity index is 255. The van der Waals surface area contributed by atoms with Gasteiger partial charge in [0, 0.05) is 18.3 Å². The molecule has 0 bridgehead atoms. The van der Waals surface area contributed by atoms with Crippen LogP contribution >= 0.6 is 0 Å². The summed E-state index contributed by atoms with van der Waals surface area (Å²) in [4.78, 5) is 4.15. The van der Waals surface area contributed by atoms with Gasteiger partial charge in [0.05, 0.1) is 0 Å². The predicted molar refractivity (Wildman–Crippen MR) is 39.3 cm³/mol. The zero-order valence-corrected chi connectivity index (χ0v) is 5.96. The van der Waals surface area contributed by atoms with E-state index in [4.69, 9.17) is 0 Å². The van der Waals surface area contributed by atoms with E-state index >= 15 is 0 Å². The van der Waals surface area contributed by atoms with E-state index in [0.717, 1.165) is 18.8 Å². The van der Waals surface area contributed by atoms with Crippen LogP contribution in [-0.2, 0) is 6.42 Å². The minimum absolute atomic E-state index is 0.924. The van der Waals surface area contributed by atoms with Crippen LogP contribution in [0.4, 0.5) is 5.82 Å². The fourth-order valence-electron chi connectivity index (χ4n) is 1.29. The third-order valence-corrected chi connectivity index (χ3v) is 1.89. The van der Waals surface area contributed by atoms with Crippen molar-refractivity contribution < 1.29 is 0 Å². The van der Waals surface area contributed by atoms with Gasteiger partial charge in [-0.25, -0.2) is 4.98 Å². The summed E-state index contributed by atoms with van der Waals surface area (Å²) < 4.78 is 0. The first kappa shape index (κ1) is 5.71. The highest BCUT2D eigenvalue weighted by Gasteiger charge is 2.13. The van der Waals surface area contributed by atoms with Crippen molar-refractivity contribution in [1.82, 2.24) is 10.3 Å². The highest BCUT2D eigenvalue weighted by atomic mass is 15.0. The Morgan fingerprint density at radius 2 is 2.40 bits per heavy atom. The standard InChI is InChI=1S/C8H9N2/c1-6-2-4-9-8-7(6)3-5-10-8/h2,4H,3,5H2,1H3. The van der Waals surface area contributed by atoms with Gasteiger partial charge in [0.15, 0.2) is 5.82 Å². The van der Waals surface area contributed by atoms with Gasteiger partial charge < -0.3 is 0 Å². The monoisotopic (exact) mass is 133 g/mol. The third-order valence-electron chi connectivity index (χ3n) is 1.89. The number of fused-ring (bicyclic) bond motifs is 1. The van der Waals surface area contributed by atoms with E-state index in [1.54, 1.807) is 0 Å². The first-order valence-electron chi connectivity index (χ1n) is 3.50. The van der Waals surface area contributed by atoms with Crippen molar-refractivity contribution in [3.05, 3.63) is 23.4 Å². The maximum Gasteiger partial charge on any atom is 0.150 e. The van der Waals surface area contributed by atoms with Crippen LogP contribution in [0.2, 0.25) is 0 Å². The molecule has 0 saturated heterocycles. The Morgan fingerprint density at radius 1 is 1.50 bits per heavy atom. The number of aromatic nitrogens is 1. The number of nitrogens with zero attached hydrogens (tertiary/aromatic N) is 2. The molecule has 0 aliphatic carbocycles. The first-order chi connectivity index (χ1) is 4.88. The maximum absolute atomic E-state index is 4.25. The smallest absolute Gasteiger partial charge is 0.150 e. The molecule has 2 heteroatoms. The SMILES string of the molecule is Cc1ccnc2c1CC[N]2. The first-order valence-corrected chi connectivity index (χ1v) is 3.50. The lowest BCUT2D eigenvalue weighted by molar-refractivity contribution is 0.895. The number of hydrogen-bond donors (Lipinski definition) is 0. The van der Waals surface area contributed by atoms with Crippen LogP contribution in [0.25, 0.3) is 0 Å². The number of aryl methyl sites for hydroxylation is 1. The molecule has 0 fully saturated rings. The molecule has 2 heterocycles. The van der Waals surface area contributed by atoms with Crippen LogP contribution in [0.5, 0.6) is 0 Å². The van der Waals surface area contributed by atoms with Gasteiger partial charge in [0.1, 0.15) is 0 Å². The average Bonchev–Trinajstić information content (AvgIpc) is 2.36. The van der Waals surface area contributed by atoms with Gasteiger partial charge in [-0.05, 0) is 25.0 Å². The zero-order valence-electron chi connectivity index (χ0n) is 5.96. The van der Waals surface area contributed by atoms with Crippen molar-refractivity contribution in [2.45, 2.75) is 13.3 Å². The minimum Gasteiger partial charge on any atom is -0.266 e. The molecule has 1 aliphatic rings. The Kier molecular flexibility index (Phi) is 1.13. The molecule has 1 aliphatic heterocycles. The van der Waals surface area contributed by atoms with E-state index in [1.807, 2.05) is 12.3 Å². The molecule has 1 aromatic heterocycles. The molecule has 0 amide bonds. The van der Waals surface area contributed by atoms with Gasteiger partial charge in [-0.1, -0.05) is 0 Å². The quantitative estimate of drug-likeness (QED) is 0.522. The summed E-state index contributed by atoms with van der Waals surface area (Å²) in [7, 11) is 0. The van der Waals surface area contributed by atoms with Crippen molar-refractivity contribution >= 4 is 5.82 Å². The fraction of sp³-hybridized carbons (Fsp3) is 0.375. The van der Waals surface area contributed by atoms with E-state index in [2.05, 4.69) is 17.2 Å². The molecule has 0 atom stereocenters. The number of rotatable bonds is 0. The van der Waals surface area contributed by atoms with Gasteiger partial charge in [-0.3, -0.25) is 5.32 Å². The Morgan fingerprint density at radius 3 is 3.20 bits per heavy atom. The Balaban J connectivity index is 2.59. The number of hydrogen-bond acceptors (Lipinski definition) is 1. The minimum atomic E-state index is 0.924. The molecule has 1 aromatic rings. The van der Waals surface area contributed by atoms with E-state index in [9.17, 15) is 0 Å². The summed E-state index contributed by atoms with van der Waals surface area (Å²) in [6, 6.07) is 2.04. The molecule has 10 heavy (non-hydrogen) atoms. The van der Waals surface area contributed by atoms with Crippen LogP contribution in [0.15, 0.2) is 12.3 Å². The summed E-state index contributed by atoms with van der Waals surface area (Å²) in [6.07, 6.45) is 2.90. The highest BCUT2D eigenvalue weighted by molar-refractivity contribution is 5.45. The summed E-state index contributed by atoms with van der Waals surface area (Å²) >= 11 is 0. The third kappa shape index (κ3) is 0.685. The Labute approximate surface area is 60.3 Å². The molecule has 1 radical (unpaired) electrons. The second-order valence-electron chi connectivity index (χ2n) is 2.56. The van der Waals surface area contributed by atoms with Crippen LogP contribution in [0.3, 0.4) is 0 Å². The van der Waals surface area contributed by atoms with Crippen molar-refractivity contribution in [1.29, 1.82) is 0 Å². The number of pyridine rings is 1. The van der Waals surface area contributed by atoms with Gasteiger partial charge in [0.25, 0.3) is 0 Å². The van der Waals surface area contributed by atoms with Crippen molar-refractivity contribution in [3.8, 4) is 0 Å². The van der Waals surface area contributed by atoms with Gasteiger partial charge in [0.2, 0.25) is 0 Å². The van der Waals surface area contributed by atoms with Crippen molar-refractivity contribution in [2.24, 2.45) is 0 Å². The van der Waals surface area contributed by atoms with E-state index < -0.39 is 0 Å². The van der Waals surface area contributed by atoms with E-state index in [0.29, 0.717) is 0 Å². The normalized spacial score (nSPS) is 14.5. The molecule has 0 aromatic carbocycles. The lowest BCUT2D eigenvalue weighted by Gasteiger charge is -1.97. The molecule has 51 valence electrons. The highest BCUT2D eigenvalue weighted by Crippen LogP contribution is 2.21. The molecule has 0 saturated carbocycles. The summed E-state index contributed by atoms with van der Waals surface area (Å²) in [5.74, 6) is 0.958. The lowest BCUT2D eigenvalue weighted by Crippen LogP contribution is -1.90. The van der Waals surface area contributed by atoms with Gasteiger partial charge in [-0.15, -0.1) is 0 Å². The molecular formula is C8H9N2. The fourth-order valence-corrected chi connectivity index (χ4v) is 1.29. The van der Waals surface area contributed by atoms with E-state index in [1.165, 1.54) is 11.1 Å². The van der Waals surface area contributed by atoms with Crippen LogP contribution in [-0.4, -0.2) is 11.5 Å². The van der Waals surface area contributed by atoms with Crippen LogP contribution < -0.4 is 5.32 Å². The second-order valence-corrected chi connectivity index (χ2v) is 2.56. The molecule has 2 rings (SSSR count). The topological polar surface area (TPSA) is 27.0 Å². The predicted octanol–water partition coefficient (Wildman–Crippen LogP) is 1.18. The average molecular weight is 133 g/mol. The largest absolute Gasteiger partial charge is 0.266 e. The Hall–Kier alpha value is -1.05. The van der Waals surface area contributed by atoms with Gasteiger partial charge >= 0.3 is 0 Å².